The summed E-state index contributed by atoms with van der Waals surface area (Å²) < 4.78 is 31.6. The van der Waals surface area contributed by atoms with E-state index in [4.69, 9.17) is 0 Å². The van der Waals surface area contributed by atoms with Crippen LogP contribution in [-0.4, -0.2) is 52.5 Å². The van der Waals surface area contributed by atoms with Crippen LogP contribution in [0.3, 0.4) is 0 Å². The average Bonchev–Trinajstić information content (AvgIpc) is 2.81. The van der Waals surface area contributed by atoms with Gasteiger partial charge < -0.3 is 9.64 Å². The molecule has 1 heterocycles. The molecule has 0 spiro atoms. The first-order valence-corrected chi connectivity index (χ1v) is 5.92. The summed E-state index contributed by atoms with van der Waals surface area (Å²) in [7, 11) is 2.98. The lowest BCUT2D eigenvalue weighted by Gasteiger charge is -2.18. The summed E-state index contributed by atoms with van der Waals surface area (Å²) in [5, 5.41) is 6.89. The molecule has 9 heteroatoms. The van der Waals surface area contributed by atoms with Crippen molar-refractivity contribution in [2.24, 2.45) is 0 Å². The minimum absolute atomic E-state index is 0.0283. The van der Waals surface area contributed by atoms with Gasteiger partial charge in [-0.3, -0.25) is 4.79 Å². The predicted molar refractivity (Wildman–Crippen MR) is 64.3 cm³/mol. The molecule has 0 saturated carbocycles. The number of aromatic nitrogens is 3. The van der Waals surface area contributed by atoms with Crippen molar-refractivity contribution in [3.8, 4) is 0 Å². The van der Waals surface area contributed by atoms with Gasteiger partial charge in [-0.1, -0.05) is 5.21 Å². The van der Waals surface area contributed by atoms with Gasteiger partial charge in [0.15, 0.2) is 5.69 Å². The van der Waals surface area contributed by atoms with Gasteiger partial charge in [0.25, 0.3) is 6.43 Å². The summed E-state index contributed by atoms with van der Waals surface area (Å²) in [5.41, 5.74) is -1.29. The van der Waals surface area contributed by atoms with Crippen LogP contribution in [0.5, 0.6) is 0 Å². The number of esters is 1. The first-order valence-electron chi connectivity index (χ1n) is 5.92. The molecular formula is C11H16F2N4O3. The van der Waals surface area contributed by atoms with E-state index in [-0.39, 0.29) is 6.61 Å². The number of carbonyl (C=O) groups excluding carboxylic acids is 2. The topological polar surface area (TPSA) is 77.3 Å². The largest absolute Gasteiger partial charge is 0.461 e. The van der Waals surface area contributed by atoms with Gasteiger partial charge >= 0.3 is 5.97 Å². The van der Waals surface area contributed by atoms with Crippen LogP contribution in [0.4, 0.5) is 8.78 Å². The molecule has 0 aliphatic heterocycles. The maximum atomic E-state index is 13.1. The van der Waals surface area contributed by atoms with Crippen molar-refractivity contribution in [3.63, 3.8) is 0 Å². The van der Waals surface area contributed by atoms with Gasteiger partial charge in [0.05, 0.1) is 6.61 Å². The lowest BCUT2D eigenvalue weighted by molar-refractivity contribution is -0.132. The van der Waals surface area contributed by atoms with Gasteiger partial charge in [-0.25, -0.2) is 18.3 Å². The van der Waals surface area contributed by atoms with Crippen LogP contribution in [0.1, 0.15) is 42.5 Å². The molecule has 0 bridgehead atoms. The number of hydrogen-bond donors (Lipinski definition) is 0. The zero-order valence-corrected chi connectivity index (χ0v) is 11.6. The molecule has 1 atom stereocenters. The Bertz CT molecular complexity index is 502. The highest BCUT2D eigenvalue weighted by Gasteiger charge is 2.31. The van der Waals surface area contributed by atoms with Crippen molar-refractivity contribution < 1.29 is 23.1 Å². The molecule has 7 nitrogen and oxygen atoms in total. The molecule has 1 rings (SSSR count). The summed E-state index contributed by atoms with van der Waals surface area (Å²) in [5.74, 6) is -1.43. The molecule has 0 fully saturated rings. The van der Waals surface area contributed by atoms with E-state index in [1.807, 2.05) is 0 Å². The number of rotatable bonds is 5. The maximum Gasteiger partial charge on any atom is 0.361 e. The van der Waals surface area contributed by atoms with E-state index >= 15 is 0 Å². The quantitative estimate of drug-likeness (QED) is 0.757. The SMILES string of the molecule is CCOC(=O)c1nnn(C(C)C(=O)N(C)C)c1C(F)F. The van der Waals surface area contributed by atoms with Crippen molar-refractivity contribution >= 4 is 11.9 Å². The molecule has 1 aromatic rings. The molecule has 20 heavy (non-hydrogen) atoms. The number of halogens is 2. The molecule has 1 amide bonds. The second kappa shape index (κ2) is 6.40. The summed E-state index contributed by atoms with van der Waals surface area (Å²) in [6.07, 6.45) is -3.00. The number of ether oxygens (including phenoxy) is 1. The third kappa shape index (κ3) is 3.09. The van der Waals surface area contributed by atoms with E-state index in [1.54, 1.807) is 6.92 Å². The highest BCUT2D eigenvalue weighted by atomic mass is 19.3. The number of hydrogen-bond acceptors (Lipinski definition) is 5. The van der Waals surface area contributed by atoms with E-state index < -0.39 is 35.7 Å². The molecular weight excluding hydrogens is 274 g/mol. The number of amides is 1. The highest BCUT2D eigenvalue weighted by molar-refractivity contribution is 5.88. The Labute approximate surface area is 114 Å². The molecule has 1 unspecified atom stereocenters. The molecule has 0 N–H and O–H groups in total. The Hall–Kier alpha value is -2.06. The first-order chi connectivity index (χ1) is 9.31. The maximum absolute atomic E-state index is 13.1. The van der Waals surface area contributed by atoms with Crippen molar-refractivity contribution in [3.05, 3.63) is 11.4 Å². The smallest absolute Gasteiger partial charge is 0.361 e. The summed E-state index contributed by atoms with van der Waals surface area (Å²) in [4.78, 5) is 24.6. The van der Waals surface area contributed by atoms with Crippen LogP contribution in [0.15, 0.2) is 0 Å². The number of likely N-dealkylation sites (N-methyl/N-ethyl adjacent to an activating group) is 1. The fraction of sp³-hybridized carbons (Fsp3) is 0.636. The Kier molecular flexibility index (Phi) is 5.12. The van der Waals surface area contributed by atoms with Crippen LogP contribution in [0.2, 0.25) is 0 Å². The molecule has 0 saturated heterocycles. The third-order valence-corrected chi connectivity index (χ3v) is 2.57. The summed E-state index contributed by atoms with van der Waals surface area (Å²) >= 11 is 0. The fourth-order valence-electron chi connectivity index (χ4n) is 1.61. The van der Waals surface area contributed by atoms with E-state index in [0.717, 1.165) is 4.68 Å². The number of nitrogens with zero attached hydrogens (tertiary/aromatic N) is 4. The standard InChI is InChI=1S/C11H16F2N4O3/c1-5-20-11(19)7-8(9(12)13)17(15-14-7)6(2)10(18)16(3)4/h6,9H,5H2,1-4H3. The monoisotopic (exact) mass is 290 g/mol. The van der Waals surface area contributed by atoms with E-state index in [9.17, 15) is 18.4 Å². The molecule has 0 aromatic carbocycles. The van der Waals surface area contributed by atoms with Crippen LogP contribution >= 0.6 is 0 Å². The van der Waals surface area contributed by atoms with Gasteiger partial charge in [0.1, 0.15) is 11.7 Å². The molecule has 0 aliphatic rings. The average molecular weight is 290 g/mol. The van der Waals surface area contributed by atoms with E-state index in [2.05, 4.69) is 15.0 Å². The molecule has 0 aliphatic carbocycles. The third-order valence-electron chi connectivity index (χ3n) is 2.57. The predicted octanol–water partition coefficient (Wildman–Crippen LogP) is 1.04. The Morgan fingerprint density at radius 3 is 2.45 bits per heavy atom. The Morgan fingerprint density at radius 2 is 2.00 bits per heavy atom. The zero-order valence-electron chi connectivity index (χ0n) is 11.6. The normalized spacial score (nSPS) is 12.3. The lowest BCUT2D eigenvalue weighted by atomic mass is 10.2. The summed E-state index contributed by atoms with van der Waals surface area (Å²) in [6, 6.07) is -0.996. The van der Waals surface area contributed by atoms with Crippen molar-refractivity contribution in [2.45, 2.75) is 26.3 Å². The van der Waals surface area contributed by atoms with Gasteiger partial charge in [-0.05, 0) is 13.8 Å². The summed E-state index contributed by atoms with van der Waals surface area (Å²) in [6.45, 7) is 2.97. The second-order valence-corrected chi connectivity index (χ2v) is 4.20. The number of carbonyl (C=O) groups is 2. The van der Waals surface area contributed by atoms with Gasteiger partial charge in [-0.15, -0.1) is 5.10 Å². The highest BCUT2D eigenvalue weighted by Crippen LogP contribution is 2.25. The molecule has 1 aromatic heterocycles. The minimum Gasteiger partial charge on any atom is -0.461 e. The van der Waals surface area contributed by atoms with Crippen LogP contribution < -0.4 is 0 Å². The van der Waals surface area contributed by atoms with Crippen LogP contribution in [-0.2, 0) is 9.53 Å². The molecule has 0 radical (unpaired) electrons. The van der Waals surface area contributed by atoms with Crippen molar-refractivity contribution in [1.82, 2.24) is 19.9 Å². The fourth-order valence-corrected chi connectivity index (χ4v) is 1.61. The molecule has 112 valence electrons. The van der Waals surface area contributed by atoms with E-state index in [1.165, 1.54) is 25.9 Å². The van der Waals surface area contributed by atoms with Crippen molar-refractivity contribution in [2.75, 3.05) is 20.7 Å². The van der Waals surface area contributed by atoms with Gasteiger partial charge in [0.2, 0.25) is 5.91 Å². The number of alkyl halides is 2. The van der Waals surface area contributed by atoms with Crippen molar-refractivity contribution in [1.29, 1.82) is 0 Å². The second-order valence-electron chi connectivity index (χ2n) is 4.20. The van der Waals surface area contributed by atoms with Crippen LogP contribution in [0.25, 0.3) is 0 Å². The Morgan fingerprint density at radius 1 is 1.40 bits per heavy atom. The van der Waals surface area contributed by atoms with E-state index in [0.29, 0.717) is 0 Å². The van der Waals surface area contributed by atoms with Crippen LogP contribution in [0, 0.1) is 0 Å². The van der Waals surface area contributed by atoms with Gasteiger partial charge in [-0.2, -0.15) is 0 Å². The first kappa shape index (κ1) is 16.0. The van der Waals surface area contributed by atoms with Gasteiger partial charge in [0, 0.05) is 14.1 Å². The zero-order chi connectivity index (χ0) is 15.4. The minimum atomic E-state index is -3.00. The lowest BCUT2D eigenvalue weighted by Crippen LogP contribution is -2.31. The Balaban J connectivity index is 3.22.